The van der Waals surface area contributed by atoms with Crippen molar-refractivity contribution in [1.82, 2.24) is 5.48 Å². The molecule has 0 saturated heterocycles. The lowest BCUT2D eigenvalue weighted by atomic mass is 10.2. The molecule has 1 amide bonds. The molecule has 4 heteroatoms. The van der Waals surface area contributed by atoms with Crippen LogP contribution in [0.1, 0.15) is 26.7 Å². The van der Waals surface area contributed by atoms with Crippen molar-refractivity contribution in [3.05, 3.63) is 24.4 Å². The van der Waals surface area contributed by atoms with Gasteiger partial charge < -0.3 is 0 Å². The smallest absolute Gasteiger partial charge is 0.276 e. The van der Waals surface area contributed by atoms with Crippen LogP contribution in [-0.2, 0) is 4.79 Å². The Morgan fingerprint density at radius 1 is 1.64 bits per heavy atom. The van der Waals surface area contributed by atoms with Crippen molar-refractivity contribution in [3.8, 4) is 0 Å². The maximum atomic E-state index is 10.9. The summed E-state index contributed by atoms with van der Waals surface area (Å²) < 4.78 is 0. The van der Waals surface area contributed by atoms with E-state index in [1.807, 2.05) is 6.92 Å². The molecule has 0 heterocycles. The molecular formula is C10H16N2O2. The largest absolute Gasteiger partial charge is 0.288 e. The zero-order chi connectivity index (χ0) is 11.0. The van der Waals surface area contributed by atoms with Gasteiger partial charge in [-0.3, -0.25) is 15.0 Å². The molecular weight excluding hydrogens is 180 g/mol. The third-order valence-electron chi connectivity index (χ3n) is 1.62. The lowest BCUT2D eigenvalue weighted by molar-refractivity contribution is -0.124. The summed E-state index contributed by atoms with van der Waals surface area (Å²) in [5, 5.41) is 8.37. The van der Waals surface area contributed by atoms with E-state index in [0.717, 1.165) is 18.6 Å². The van der Waals surface area contributed by atoms with Gasteiger partial charge in [-0.25, -0.2) is 5.48 Å². The Kier molecular flexibility index (Phi) is 6.32. The van der Waals surface area contributed by atoms with E-state index < -0.39 is 5.91 Å². The number of nitrogens with one attached hydrogen (secondary N) is 1. The fraction of sp³-hybridized carbons (Fsp3) is 0.400. The first-order chi connectivity index (χ1) is 6.65. The van der Waals surface area contributed by atoms with Gasteiger partial charge in [0.1, 0.15) is 0 Å². The second-order valence-corrected chi connectivity index (χ2v) is 2.84. The molecule has 2 N–H and O–H groups in total. The highest BCUT2D eigenvalue weighted by atomic mass is 16.5. The molecule has 0 aliphatic heterocycles. The quantitative estimate of drug-likeness (QED) is 0.232. The number of carbonyl (C=O) groups is 1. The van der Waals surface area contributed by atoms with Gasteiger partial charge in [0.05, 0.1) is 5.57 Å². The summed E-state index contributed by atoms with van der Waals surface area (Å²) in [7, 11) is 0. The Bertz CT molecular complexity index is 267. The van der Waals surface area contributed by atoms with Crippen LogP contribution in [0.3, 0.4) is 0 Å². The van der Waals surface area contributed by atoms with Gasteiger partial charge in [-0.2, -0.15) is 0 Å². The highest BCUT2D eigenvalue weighted by Gasteiger charge is 2.02. The molecule has 0 aliphatic rings. The van der Waals surface area contributed by atoms with Crippen LogP contribution in [0.15, 0.2) is 29.4 Å². The fourth-order valence-corrected chi connectivity index (χ4v) is 0.875. The van der Waals surface area contributed by atoms with Gasteiger partial charge in [-0.05, 0) is 13.3 Å². The minimum atomic E-state index is -0.604. The van der Waals surface area contributed by atoms with Crippen molar-refractivity contribution >= 4 is 11.6 Å². The number of amides is 1. The summed E-state index contributed by atoms with van der Waals surface area (Å²) in [4.78, 5) is 15.0. The molecule has 0 saturated carbocycles. The molecule has 0 spiro atoms. The van der Waals surface area contributed by atoms with Gasteiger partial charge in [0, 0.05) is 11.9 Å². The van der Waals surface area contributed by atoms with E-state index in [-0.39, 0.29) is 5.57 Å². The topological polar surface area (TPSA) is 61.7 Å². The van der Waals surface area contributed by atoms with Crippen molar-refractivity contribution in [1.29, 1.82) is 0 Å². The molecule has 4 nitrogen and oxygen atoms in total. The Labute approximate surface area is 84.0 Å². The predicted molar refractivity (Wildman–Crippen MR) is 56.2 cm³/mol. The summed E-state index contributed by atoms with van der Waals surface area (Å²) in [6.07, 6.45) is 4.64. The molecule has 78 valence electrons. The van der Waals surface area contributed by atoms with E-state index >= 15 is 0 Å². The second-order valence-electron chi connectivity index (χ2n) is 2.84. The average molecular weight is 196 g/mol. The maximum Gasteiger partial charge on any atom is 0.276 e. The first kappa shape index (κ1) is 12.6. The lowest BCUT2D eigenvalue weighted by Gasteiger charge is -1.97. The van der Waals surface area contributed by atoms with Crippen LogP contribution in [0.2, 0.25) is 0 Å². The lowest BCUT2D eigenvalue weighted by Crippen LogP contribution is -2.19. The zero-order valence-corrected chi connectivity index (χ0v) is 8.58. The summed E-state index contributed by atoms with van der Waals surface area (Å²) in [5.41, 5.74) is 2.71. The van der Waals surface area contributed by atoms with Gasteiger partial charge in [0.2, 0.25) is 0 Å². The van der Waals surface area contributed by atoms with Crippen LogP contribution in [0.4, 0.5) is 0 Å². The van der Waals surface area contributed by atoms with Crippen LogP contribution in [0.25, 0.3) is 0 Å². The number of carbonyl (C=O) groups excluding carboxylic acids is 1. The van der Waals surface area contributed by atoms with Gasteiger partial charge >= 0.3 is 0 Å². The summed E-state index contributed by atoms with van der Waals surface area (Å²) in [6, 6.07) is 0. The van der Waals surface area contributed by atoms with E-state index in [1.54, 1.807) is 0 Å². The SMILES string of the molecule is C=C/C(=C\N=C(C)CCC)C(=O)NO. The molecule has 0 unspecified atom stereocenters. The van der Waals surface area contributed by atoms with Gasteiger partial charge in [-0.15, -0.1) is 0 Å². The molecule has 0 aromatic carbocycles. The van der Waals surface area contributed by atoms with Crippen molar-refractivity contribution in [3.63, 3.8) is 0 Å². The van der Waals surface area contributed by atoms with Gasteiger partial charge in [0.15, 0.2) is 0 Å². The molecule has 0 aromatic heterocycles. The first-order valence-corrected chi connectivity index (χ1v) is 4.46. The molecule has 0 aliphatic carbocycles. The minimum absolute atomic E-state index is 0.239. The van der Waals surface area contributed by atoms with E-state index in [1.165, 1.54) is 17.8 Å². The third kappa shape index (κ3) is 4.57. The molecule has 0 radical (unpaired) electrons. The Hall–Kier alpha value is -1.42. The standard InChI is InChI=1S/C10H16N2O2/c1-4-6-8(3)11-7-9(5-2)10(13)12-14/h5,7,14H,2,4,6H2,1,3H3,(H,12,13)/b9-7+,11-8?. The molecule has 0 fully saturated rings. The maximum absolute atomic E-state index is 10.9. The average Bonchev–Trinajstić information content (AvgIpc) is 2.18. The Morgan fingerprint density at radius 2 is 2.29 bits per heavy atom. The van der Waals surface area contributed by atoms with Crippen LogP contribution in [-0.4, -0.2) is 16.8 Å². The zero-order valence-electron chi connectivity index (χ0n) is 8.58. The number of nitrogens with zero attached hydrogens (tertiary/aromatic N) is 1. The molecule has 14 heavy (non-hydrogen) atoms. The van der Waals surface area contributed by atoms with Crippen molar-refractivity contribution in [2.75, 3.05) is 0 Å². The highest BCUT2D eigenvalue weighted by Crippen LogP contribution is 1.98. The van der Waals surface area contributed by atoms with Crippen LogP contribution in [0, 0.1) is 0 Å². The van der Waals surface area contributed by atoms with Crippen LogP contribution >= 0.6 is 0 Å². The molecule has 0 atom stereocenters. The normalized spacial score (nSPS) is 12.5. The van der Waals surface area contributed by atoms with Crippen LogP contribution in [0.5, 0.6) is 0 Å². The van der Waals surface area contributed by atoms with Crippen molar-refractivity contribution in [2.24, 2.45) is 4.99 Å². The van der Waals surface area contributed by atoms with Gasteiger partial charge in [0.25, 0.3) is 5.91 Å². The van der Waals surface area contributed by atoms with E-state index in [2.05, 4.69) is 18.5 Å². The van der Waals surface area contributed by atoms with Crippen molar-refractivity contribution in [2.45, 2.75) is 26.7 Å². The number of rotatable bonds is 5. The van der Waals surface area contributed by atoms with E-state index in [4.69, 9.17) is 5.21 Å². The number of hydrogen-bond donors (Lipinski definition) is 2. The van der Waals surface area contributed by atoms with Gasteiger partial charge in [-0.1, -0.05) is 26.0 Å². The molecule has 0 aromatic rings. The minimum Gasteiger partial charge on any atom is -0.288 e. The van der Waals surface area contributed by atoms with Crippen molar-refractivity contribution < 1.29 is 10.0 Å². The molecule has 0 bridgehead atoms. The Morgan fingerprint density at radius 3 is 2.71 bits per heavy atom. The summed E-state index contributed by atoms with van der Waals surface area (Å²) >= 11 is 0. The predicted octanol–water partition coefficient (Wildman–Crippen LogP) is 1.82. The Balaban J connectivity index is 4.53. The highest BCUT2D eigenvalue weighted by molar-refractivity contribution is 5.95. The first-order valence-electron chi connectivity index (χ1n) is 4.46. The second kappa shape index (κ2) is 7.03. The summed E-state index contributed by atoms with van der Waals surface area (Å²) in [6.45, 7) is 7.38. The number of hydrogen-bond acceptors (Lipinski definition) is 3. The third-order valence-corrected chi connectivity index (χ3v) is 1.62. The van der Waals surface area contributed by atoms with E-state index in [9.17, 15) is 4.79 Å². The number of hydroxylamine groups is 1. The fourth-order valence-electron chi connectivity index (χ4n) is 0.875. The summed E-state index contributed by atoms with van der Waals surface area (Å²) in [5.74, 6) is -0.604. The number of aliphatic imine (C=N–C) groups is 1. The van der Waals surface area contributed by atoms with E-state index in [0.29, 0.717) is 0 Å². The molecule has 0 rings (SSSR count). The van der Waals surface area contributed by atoms with Crippen LogP contribution < -0.4 is 5.48 Å². The monoisotopic (exact) mass is 196 g/mol.